The second-order valence-corrected chi connectivity index (χ2v) is 9.31. The van der Waals surface area contributed by atoms with Crippen molar-refractivity contribution < 1.29 is 13.6 Å². The van der Waals surface area contributed by atoms with Gasteiger partial charge in [-0.25, -0.2) is 8.78 Å². The summed E-state index contributed by atoms with van der Waals surface area (Å²) in [5.41, 5.74) is 0.747. The number of hydrogen-bond acceptors (Lipinski definition) is 1. The third kappa shape index (κ3) is 3.71. The Balaban J connectivity index is 1.33. The molecule has 148 valence electrons. The summed E-state index contributed by atoms with van der Waals surface area (Å²) in [5, 5.41) is 0. The van der Waals surface area contributed by atoms with Gasteiger partial charge in [-0.1, -0.05) is 38.7 Å². The van der Waals surface area contributed by atoms with E-state index in [1.54, 1.807) is 6.07 Å². The van der Waals surface area contributed by atoms with Gasteiger partial charge in [0.1, 0.15) is 0 Å². The summed E-state index contributed by atoms with van der Waals surface area (Å²) in [5.74, 6) is 0.886. The lowest BCUT2D eigenvalue weighted by atomic mass is 9.66. The van der Waals surface area contributed by atoms with Crippen LogP contribution in [0.2, 0.25) is 0 Å². The van der Waals surface area contributed by atoms with Gasteiger partial charge in [-0.2, -0.15) is 0 Å². The van der Waals surface area contributed by atoms with Crippen molar-refractivity contribution >= 4 is 5.78 Å². The van der Waals surface area contributed by atoms with Gasteiger partial charge in [0.05, 0.1) is 5.56 Å². The Bertz CT molecular complexity index is 682. The van der Waals surface area contributed by atoms with Gasteiger partial charge in [-0.15, -0.1) is 0 Å². The summed E-state index contributed by atoms with van der Waals surface area (Å²) in [4.78, 5) is 12.7. The SMILES string of the molecule is CCCC1CCC(C2CCC(C3Cc4ccc(F)c(F)c4C3=O)CC2)CC1. The van der Waals surface area contributed by atoms with Crippen LogP contribution in [-0.2, 0) is 6.42 Å². The second kappa shape index (κ2) is 8.01. The monoisotopic (exact) mass is 374 g/mol. The van der Waals surface area contributed by atoms with Crippen LogP contribution in [0.25, 0.3) is 0 Å². The van der Waals surface area contributed by atoms with E-state index in [4.69, 9.17) is 0 Å². The van der Waals surface area contributed by atoms with Gasteiger partial charge >= 0.3 is 0 Å². The maximum Gasteiger partial charge on any atom is 0.169 e. The molecule has 1 atom stereocenters. The highest BCUT2D eigenvalue weighted by molar-refractivity contribution is 6.02. The average molecular weight is 375 g/mol. The van der Waals surface area contributed by atoms with Gasteiger partial charge in [0.25, 0.3) is 0 Å². The minimum absolute atomic E-state index is 0.0383. The number of hydrogen-bond donors (Lipinski definition) is 0. The molecule has 3 aliphatic rings. The minimum Gasteiger partial charge on any atom is -0.294 e. The van der Waals surface area contributed by atoms with Crippen LogP contribution in [0.3, 0.4) is 0 Å². The summed E-state index contributed by atoms with van der Waals surface area (Å²) < 4.78 is 27.6. The van der Waals surface area contributed by atoms with E-state index >= 15 is 0 Å². The summed E-state index contributed by atoms with van der Waals surface area (Å²) in [7, 11) is 0. The Morgan fingerprint density at radius 1 is 0.889 bits per heavy atom. The molecule has 0 spiro atoms. The van der Waals surface area contributed by atoms with Gasteiger partial charge < -0.3 is 0 Å². The Kier molecular flexibility index (Phi) is 5.66. The van der Waals surface area contributed by atoms with Crippen LogP contribution in [0.1, 0.15) is 87.1 Å². The molecule has 4 rings (SSSR count). The Hall–Kier alpha value is -1.25. The van der Waals surface area contributed by atoms with Gasteiger partial charge in [0.2, 0.25) is 0 Å². The Morgan fingerprint density at radius 2 is 1.48 bits per heavy atom. The minimum atomic E-state index is -0.933. The normalized spacial score (nSPS) is 33.9. The molecule has 1 aromatic rings. The third-order valence-corrected chi connectivity index (χ3v) is 7.84. The molecule has 3 heteroatoms. The zero-order valence-corrected chi connectivity index (χ0v) is 16.5. The number of carbonyl (C=O) groups is 1. The smallest absolute Gasteiger partial charge is 0.169 e. The molecule has 0 amide bonds. The van der Waals surface area contributed by atoms with Crippen LogP contribution < -0.4 is 0 Å². The molecular weight excluding hydrogens is 342 g/mol. The van der Waals surface area contributed by atoms with Crippen molar-refractivity contribution in [1.82, 2.24) is 0 Å². The van der Waals surface area contributed by atoms with E-state index in [0.717, 1.165) is 36.7 Å². The molecule has 0 heterocycles. The first kappa shape index (κ1) is 19.1. The van der Waals surface area contributed by atoms with Crippen molar-refractivity contribution in [3.8, 4) is 0 Å². The number of ketones is 1. The lowest BCUT2D eigenvalue weighted by molar-refractivity contribution is 0.0807. The summed E-state index contributed by atoms with van der Waals surface area (Å²) in [6.45, 7) is 2.29. The van der Waals surface area contributed by atoms with E-state index in [0.29, 0.717) is 17.9 Å². The Labute approximate surface area is 161 Å². The second-order valence-electron chi connectivity index (χ2n) is 9.31. The lowest BCUT2D eigenvalue weighted by Crippen LogP contribution is -2.30. The van der Waals surface area contributed by atoms with Crippen molar-refractivity contribution in [3.05, 3.63) is 34.9 Å². The van der Waals surface area contributed by atoms with E-state index in [-0.39, 0.29) is 17.3 Å². The van der Waals surface area contributed by atoms with Crippen LogP contribution in [0, 0.1) is 41.2 Å². The number of Topliss-reactive ketones (excluding diaryl/α,β-unsaturated/α-hetero) is 1. The number of benzene rings is 1. The van der Waals surface area contributed by atoms with E-state index < -0.39 is 11.6 Å². The summed E-state index contributed by atoms with van der Waals surface area (Å²) in [6, 6.07) is 2.77. The molecule has 0 bridgehead atoms. The molecule has 0 aliphatic heterocycles. The zero-order valence-electron chi connectivity index (χ0n) is 16.5. The van der Waals surface area contributed by atoms with E-state index in [1.165, 1.54) is 51.4 Å². The molecule has 1 nitrogen and oxygen atoms in total. The highest BCUT2D eigenvalue weighted by Gasteiger charge is 2.41. The number of halogens is 2. The largest absolute Gasteiger partial charge is 0.294 e. The molecule has 3 aliphatic carbocycles. The van der Waals surface area contributed by atoms with Gasteiger partial charge in [-0.3, -0.25) is 4.79 Å². The van der Waals surface area contributed by atoms with Crippen molar-refractivity contribution in [3.63, 3.8) is 0 Å². The molecule has 1 aromatic carbocycles. The number of fused-ring (bicyclic) bond motifs is 1. The van der Waals surface area contributed by atoms with Crippen molar-refractivity contribution in [2.75, 3.05) is 0 Å². The van der Waals surface area contributed by atoms with Crippen molar-refractivity contribution in [2.24, 2.45) is 29.6 Å². The fraction of sp³-hybridized carbons (Fsp3) is 0.708. The van der Waals surface area contributed by atoms with E-state index in [2.05, 4.69) is 6.92 Å². The quantitative estimate of drug-likeness (QED) is 0.571. The molecule has 0 aromatic heterocycles. The predicted octanol–water partition coefficient (Wildman–Crippen LogP) is 6.73. The van der Waals surface area contributed by atoms with Crippen LogP contribution >= 0.6 is 0 Å². The molecular formula is C24H32F2O. The molecule has 2 saturated carbocycles. The first-order chi connectivity index (χ1) is 13.1. The Morgan fingerprint density at radius 3 is 2.11 bits per heavy atom. The highest BCUT2D eigenvalue weighted by Crippen LogP contribution is 2.46. The first-order valence-corrected chi connectivity index (χ1v) is 11.1. The lowest BCUT2D eigenvalue weighted by Gasteiger charge is -2.39. The maximum atomic E-state index is 14.1. The highest BCUT2D eigenvalue weighted by atomic mass is 19.2. The molecule has 0 radical (unpaired) electrons. The summed E-state index contributed by atoms with van der Waals surface area (Å²) >= 11 is 0. The molecule has 0 N–H and O–H groups in total. The molecule has 0 saturated heterocycles. The first-order valence-electron chi connectivity index (χ1n) is 11.1. The standard InChI is InChI=1S/C24H32F2O/c1-2-3-15-4-6-16(7-5-15)17-8-10-18(11-9-17)20-14-19-12-13-21(25)23(26)22(19)24(20)27/h12-13,15-18,20H,2-11,14H2,1H3. The maximum absolute atomic E-state index is 14.1. The third-order valence-electron chi connectivity index (χ3n) is 7.84. The molecule has 1 unspecified atom stereocenters. The molecule has 27 heavy (non-hydrogen) atoms. The molecule has 2 fully saturated rings. The zero-order chi connectivity index (χ0) is 19.0. The van der Waals surface area contributed by atoms with Crippen LogP contribution in [0.4, 0.5) is 8.78 Å². The van der Waals surface area contributed by atoms with Crippen LogP contribution in [0.15, 0.2) is 12.1 Å². The topological polar surface area (TPSA) is 17.1 Å². The van der Waals surface area contributed by atoms with Crippen LogP contribution in [-0.4, -0.2) is 5.78 Å². The van der Waals surface area contributed by atoms with Crippen molar-refractivity contribution in [2.45, 2.75) is 77.6 Å². The van der Waals surface area contributed by atoms with Crippen LogP contribution in [0.5, 0.6) is 0 Å². The fourth-order valence-electron chi connectivity index (χ4n) is 6.30. The summed E-state index contributed by atoms with van der Waals surface area (Å²) in [6.07, 6.45) is 13.5. The number of rotatable bonds is 4. The fourth-order valence-corrected chi connectivity index (χ4v) is 6.30. The van der Waals surface area contributed by atoms with Gasteiger partial charge in [-0.05, 0) is 80.2 Å². The van der Waals surface area contributed by atoms with E-state index in [9.17, 15) is 13.6 Å². The van der Waals surface area contributed by atoms with Crippen molar-refractivity contribution in [1.29, 1.82) is 0 Å². The number of carbonyl (C=O) groups excluding carboxylic acids is 1. The van der Waals surface area contributed by atoms with Gasteiger partial charge in [0, 0.05) is 5.92 Å². The average Bonchev–Trinajstić information content (AvgIpc) is 3.03. The predicted molar refractivity (Wildman–Crippen MR) is 104 cm³/mol. The van der Waals surface area contributed by atoms with Gasteiger partial charge in [0.15, 0.2) is 17.4 Å². The van der Waals surface area contributed by atoms with E-state index in [1.807, 2.05) is 0 Å².